The first-order valence-corrected chi connectivity index (χ1v) is 8.81. The van der Waals surface area contributed by atoms with Crippen molar-refractivity contribution in [3.8, 4) is 0 Å². The number of carbonyl (C=O) groups is 1. The number of aromatic nitrogens is 1. The standard InChI is InChI=1S/C22H23N3O/c1-3-17-9-6-7-11-20(17)25-22(26)21-13-12-19(15-24-21)23-14-18-10-5-4-8-16(18)2/h4-13,15,23H,3,14H2,1-2H3,(H,25,26). The summed E-state index contributed by atoms with van der Waals surface area (Å²) >= 11 is 0. The Morgan fingerprint density at radius 1 is 0.962 bits per heavy atom. The zero-order valence-electron chi connectivity index (χ0n) is 15.1. The van der Waals surface area contributed by atoms with Gasteiger partial charge in [-0.1, -0.05) is 49.4 Å². The van der Waals surface area contributed by atoms with Crippen LogP contribution in [0, 0.1) is 6.92 Å². The summed E-state index contributed by atoms with van der Waals surface area (Å²) in [6.07, 6.45) is 2.56. The van der Waals surface area contributed by atoms with Crippen molar-refractivity contribution in [3.05, 3.63) is 89.2 Å². The van der Waals surface area contributed by atoms with E-state index in [9.17, 15) is 4.79 Å². The highest BCUT2D eigenvalue weighted by Gasteiger charge is 2.09. The molecule has 4 nitrogen and oxygen atoms in total. The number of anilines is 2. The van der Waals surface area contributed by atoms with E-state index in [1.165, 1.54) is 11.1 Å². The topological polar surface area (TPSA) is 54.0 Å². The van der Waals surface area contributed by atoms with Gasteiger partial charge in [-0.2, -0.15) is 0 Å². The van der Waals surface area contributed by atoms with E-state index in [-0.39, 0.29) is 5.91 Å². The minimum atomic E-state index is -0.198. The molecule has 0 atom stereocenters. The van der Waals surface area contributed by atoms with E-state index in [4.69, 9.17) is 0 Å². The third kappa shape index (κ3) is 4.28. The molecule has 0 saturated carbocycles. The van der Waals surface area contributed by atoms with Crippen LogP contribution in [0.3, 0.4) is 0 Å². The molecule has 1 heterocycles. The summed E-state index contributed by atoms with van der Waals surface area (Å²) in [4.78, 5) is 16.7. The number of nitrogens with zero attached hydrogens (tertiary/aromatic N) is 1. The number of benzene rings is 2. The third-order valence-corrected chi connectivity index (χ3v) is 4.39. The van der Waals surface area contributed by atoms with Crippen molar-refractivity contribution in [3.63, 3.8) is 0 Å². The highest BCUT2D eigenvalue weighted by Crippen LogP contribution is 2.17. The second-order valence-corrected chi connectivity index (χ2v) is 6.18. The molecule has 0 unspecified atom stereocenters. The number of nitrogens with one attached hydrogen (secondary N) is 2. The van der Waals surface area contributed by atoms with Crippen molar-refractivity contribution in [2.75, 3.05) is 10.6 Å². The number of hydrogen-bond acceptors (Lipinski definition) is 3. The largest absolute Gasteiger partial charge is 0.380 e. The van der Waals surface area contributed by atoms with Crippen molar-refractivity contribution in [1.82, 2.24) is 4.98 Å². The van der Waals surface area contributed by atoms with Gasteiger partial charge in [-0.25, -0.2) is 4.98 Å². The van der Waals surface area contributed by atoms with Crippen LogP contribution in [-0.4, -0.2) is 10.9 Å². The van der Waals surface area contributed by atoms with Gasteiger partial charge >= 0.3 is 0 Å². The Morgan fingerprint density at radius 3 is 2.38 bits per heavy atom. The van der Waals surface area contributed by atoms with Gasteiger partial charge in [0.05, 0.1) is 11.9 Å². The molecular weight excluding hydrogens is 322 g/mol. The summed E-state index contributed by atoms with van der Waals surface area (Å²) in [5, 5.41) is 6.28. The average molecular weight is 345 g/mol. The number of pyridine rings is 1. The molecule has 132 valence electrons. The van der Waals surface area contributed by atoms with E-state index in [0.29, 0.717) is 5.69 Å². The smallest absolute Gasteiger partial charge is 0.274 e. The molecular formula is C22H23N3O. The zero-order chi connectivity index (χ0) is 18.4. The van der Waals surface area contributed by atoms with Crippen molar-refractivity contribution in [2.24, 2.45) is 0 Å². The highest BCUT2D eigenvalue weighted by molar-refractivity contribution is 6.03. The molecule has 0 saturated heterocycles. The first kappa shape index (κ1) is 17.7. The molecule has 1 aromatic heterocycles. The van der Waals surface area contributed by atoms with Gasteiger partial charge in [-0.3, -0.25) is 4.79 Å². The summed E-state index contributed by atoms with van der Waals surface area (Å²) in [5.74, 6) is -0.198. The van der Waals surface area contributed by atoms with Crippen LogP contribution in [0.4, 0.5) is 11.4 Å². The Labute approximate surface area is 154 Å². The van der Waals surface area contributed by atoms with Gasteiger partial charge in [-0.05, 0) is 48.2 Å². The monoisotopic (exact) mass is 345 g/mol. The van der Waals surface area contributed by atoms with E-state index in [2.05, 4.69) is 41.6 Å². The quantitative estimate of drug-likeness (QED) is 0.673. The van der Waals surface area contributed by atoms with Crippen LogP contribution in [-0.2, 0) is 13.0 Å². The Hall–Kier alpha value is -3.14. The van der Waals surface area contributed by atoms with E-state index >= 15 is 0 Å². The number of rotatable bonds is 6. The number of carbonyl (C=O) groups excluding carboxylic acids is 1. The maximum Gasteiger partial charge on any atom is 0.274 e. The predicted molar refractivity (Wildman–Crippen MR) is 107 cm³/mol. The summed E-state index contributed by atoms with van der Waals surface area (Å²) in [5.41, 5.74) is 5.72. The van der Waals surface area contributed by atoms with Crippen LogP contribution in [0.1, 0.15) is 34.1 Å². The van der Waals surface area contributed by atoms with Gasteiger partial charge in [0.1, 0.15) is 5.69 Å². The highest BCUT2D eigenvalue weighted by atomic mass is 16.1. The van der Waals surface area contributed by atoms with Crippen molar-refractivity contribution in [2.45, 2.75) is 26.8 Å². The fourth-order valence-electron chi connectivity index (χ4n) is 2.78. The van der Waals surface area contributed by atoms with Crippen LogP contribution in [0.2, 0.25) is 0 Å². The van der Waals surface area contributed by atoms with Crippen molar-refractivity contribution in [1.29, 1.82) is 0 Å². The molecule has 26 heavy (non-hydrogen) atoms. The van der Waals surface area contributed by atoms with Crippen LogP contribution < -0.4 is 10.6 Å². The third-order valence-electron chi connectivity index (χ3n) is 4.39. The predicted octanol–water partition coefficient (Wildman–Crippen LogP) is 4.82. The first-order valence-electron chi connectivity index (χ1n) is 8.81. The average Bonchev–Trinajstić information content (AvgIpc) is 2.68. The molecule has 4 heteroatoms. The van der Waals surface area contributed by atoms with Gasteiger partial charge in [0.2, 0.25) is 0 Å². The second kappa shape index (κ2) is 8.30. The molecule has 3 aromatic rings. The maximum absolute atomic E-state index is 12.4. The minimum Gasteiger partial charge on any atom is -0.380 e. The zero-order valence-corrected chi connectivity index (χ0v) is 15.1. The molecule has 0 aliphatic rings. The fourth-order valence-corrected chi connectivity index (χ4v) is 2.78. The van der Waals surface area contributed by atoms with Crippen LogP contribution in [0.5, 0.6) is 0 Å². The molecule has 0 aliphatic heterocycles. The van der Waals surface area contributed by atoms with Gasteiger partial charge < -0.3 is 10.6 Å². The van der Waals surface area contributed by atoms with E-state index < -0.39 is 0 Å². The minimum absolute atomic E-state index is 0.198. The lowest BCUT2D eigenvalue weighted by Gasteiger charge is -2.11. The second-order valence-electron chi connectivity index (χ2n) is 6.18. The molecule has 0 fully saturated rings. The Balaban J connectivity index is 1.63. The van der Waals surface area contributed by atoms with Crippen LogP contribution in [0.25, 0.3) is 0 Å². The van der Waals surface area contributed by atoms with Crippen LogP contribution in [0.15, 0.2) is 66.9 Å². The molecule has 2 aromatic carbocycles. The summed E-state index contributed by atoms with van der Waals surface area (Å²) in [7, 11) is 0. The summed E-state index contributed by atoms with van der Waals surface area (Å²) in [6.45, 7) is 4.89. The Bertz CT molecular complexity index is 888. The Kier molecular flexibility index (Phi) is 5.64. The molecule has 0 aliphatic carbocycles. The molecule has 1 amide bonds. The molecule has 2 N–H and O–H groups in total. The van der Waals surface area contributed by atoms with Crippen LogP contribution >= 0.6 is 0 Å². The van der Waals surface area contributed by atoms with Gasteiger partial charge in [0.15, 0.2) is 0 Å². The molecule has 0 bridgehead atoms. The lowest BCUT2D eigenvalue weighted by Crippen LogP contribution is -2.15. The summed E-state index contributed by atoms with van der Waals surface area (Å²) in [6, 6.07) is 19.7. The SMILES string of the molecule is CCc1ccccc1NC(=O)c1ccc(NCc2ccccc2C)cn1. The lowest BCUT2D eigenvalue weighted by molar-refractivity contribution is 0.102. The number of amides is 1. The van der Waals surface area contributed by atoms with E-state index in [0.717, 1.165) is 29.9 Å². The molecule has 0 spiro atoms. The van der Waals surface area contributed by atoms with Crippen molar-refractivity contribution < 1.29 is 4.79 Å². The van der Waals surface area contributed by atoms with Gasteiger partial charge in [0, 0.05) is 12.2 Å². The normalized spacial score (nSPS) is 10.4. The fraction of sp³-hybridized carbons (Fsp3) is 0.182. The number of aryl methyl sites for hydroxylation is 2. The molecule has 0 radical (unpaired) electrons. The number of hydrogen-bond donors (Lipinski definition) is 2. The number of para-hydroxylation sites is 1. The molecule has 3 rings (SSSR count). The van der Waals surface area contributed by atoms with Gasteiger partial charge in [0.25, 0.3) is 5.91 Å². The lowest BCUT2D eigenvalue weighted by atomic mass is 10.1. The maximum atomic E-state index is 12.4. The van der Waals surface area contributed by atoms with Gasteiger partial charge in [-0.15, -0.1) is 0 Å². The first-order chi connectivity index (χ1) is 12.7. The summed E-state index contributed by atoms with van der Waals surface area (Å²) < 4.78 is 0. The van der Waals surface area contributed by atoms with Crippen molar-refractivity contribution >= 4 is 17.3 Å². The Morgan fingerprint density at radius 2 is 1.69 bits per heavy atom. The van der Waals surface area contributed by atoms with E-state index in [1.54, 1.807) is 12.3 Å². The van der Waals surface area contributed by atoms with E-state index in [1.807, 2.05) is 42.5 Å².